The van der Waals surface area contributed by atoms with Gasteiger partial charge in [0.25, 0.3) is 0 Å². The maximum Gasteiger partial charge on any atom is 0.414 e. The van der Waals surface area contributed by atoms with Gasteiger partial charge in [0.1, 0.15) is 5.82 Å². The minimum atomic E-state index is -4.65. The highest BCUT2D eigenvalue weighted by molar-refractivity contribution is 6.35. The molecule has 2 aromatic rings. The summed E-state index contributed by atoms with van der Waals surface area (Å²) < 4.78 is 38.8. The molecule has 0 saturated carbocycles. The normalized spacial score (nSPS) is 14.0. The van der Waals surface area contributed by atoms with Gasteiger partial charge < -0.3 is 9.67 Å². The van der Waals surface area contributed by atoms with E-state index in [0.717, 1.165) is 0 Å². The van der Waals surface area contributed by atoms with Crippen LogP contribution < -0.4 is 0 Å². The molecule has 0 bridgehead atoms. The highest BCUT2D eigenvalue weighted by Gasteiger charge is 2.39. The lowest BCUT2D eigenvalue weighted by atomic mass is 10.2. The Hall–Kier alpha value is -1.27. The summed E-state index contributed by atoms with van der Waals surface area (Å²) in [4.78, 5) is 4.12. The second-order valence-corrected chi connectivity index (χ2v) is 4.55. The quantitative estimate of drug-likeness (QED) is 0.943. The molecule has 1 atom stereocenters. The summed E-state index contributed by atoms with van der Waals surface area (Å²) in [6, 6.07) is 5.01. The molecule has 1 aromatic heterocycles. The summed E-state index contributed by atoms with van der Waals surface area (Å²) in [6.45, 7) is 2.22. The van der Waals surface area contributed by atoms with Gasteiger partial charge in [-0.2, -0.15) is 13.2 Å². The number of hydrogen-bond acceptors (Lipinski definition) is 2. The number of fused-ring (bicyclic) bond motifs is 1. The van der Waals surface area contributed by atoms with Crippen molar-refractivity contribution in [2.45, 2.75) is 32.2 Å². The maximum atomic E-state index is 12.4. The third kappa shape index (κ3) is 2.69. The van der Waals surface area contributed by atoms with Crippen LogP contribution in [0, 0.1) is 0 Å². The van der Waals surface area contributed by atoms with Crippen molar-refractivity contribution in [1.82, 2.24) is 9.55 Å². The molecule has 0 saturated heterocycles. The van der Waals surface area contributed by atoms with Gasteiger partial charge in [0, 0.05) is 13.0 Å². The lowest BCUT2D eigenvalue weighted by Crippen LogP contribution is -2.31. The molecule has 19 heavy (non-hydrogen) atoms. The molecule has 0 spiro atoms. The van der Waals surface area contributed by atoms with E-state index in [1.54, 1.807) is 29.7 Å². The number of hydrogen-bond donors (Lipinski definition) is 1. The average molecular weight is 293 g/mol. The molecule has 1 aromatic carbocycles. The second kappa shape index (κ2) is 5.02. The van der Waals surface area contributed by atoms with Crippen molar-refractivity contribution in [3.63, 3.8) is 0 Å². The standard InChI is InChI=1S/C12H12ClF3N2O/c1-2-18-10(6-9(19)12(14,15)16)17-8-5-3-4-7(13)11(8)18/h3-5,9,19H,2,6H2,1H3. The largest absolute Gasteiger partial charge is 0.414 e. The molecule has 0 fully saturated rings. The van der Waals surface area contributed by atoms with Crippen LogP contribution >= 0.6 is 11.6 Å². The van der Waals surface area contributed by atoms with Crippen LogP contribution in [0.4, 0.5) is 13.2 Å². The lowest BCUT2D eigenvalue weighted by Gasteiger charge is -2.14. The van der Waals surface area contributed by atoms with Crippen molar-refractivity contribution in [2.75, 3.05) is 0 Å². The van der Waals surface area contributed by atoms with Gasteiger partial charge >= 0.3 is 6.18 Å². The van der Waals surface area contributed by atoms with Gasteiger partial charge in [0.15, 0.2) is 6.10 Å². The first kappa shape index (κ1) is 14.1. The first-order valence-corrected chi connectivity index (χ1v) is 6.10. The summed E-state index contributed by atoms with van der Waals surface area (Å²) in [7, 11) is 0. The van der Waals surface area contributed by atoms with Crippen LogP contribution in [0.5, 0.6) is 0 Å². The molecule has 0 amide bonds. The Morgan fingerprint density at radius 3 is 2.68 bits per heavy atom. The number of aromatic nitrogens is 2. The van der Waals surface area contributed by atoms with E-state index in [1.165, 1.54) is 0 Å². The lowest BCUT2D eigenvalue weighted by molar-refractivity contribution is -0.203. The molecule has 3 nitrogen and oxygen atoms in total. The van der Waals surface area contributed by atoms with Crippen LogP contribution in [0.2, 0.25) is 5.02 Å². The fourth-order valence-corrected chi connectivity index (χ4v) is 2.25. The van der Waals surface area contributed by atoms with Gasteiger partial charge in [-0.15, -0.1) is 0 Å². The molecular formula is C12H12ClF3N2O. The van der Waals surface area contributed by atoms with Crippen molar-refractivity contribution in [2.24, 2.45) is 0 Å². The Kier molecular flexibility index (Phi) is 3.73. The molecule has 1 unspecified atom stereocenters. The predicted octanol–water partition coefficient (Wildman–Crippen LogP) is 3.18. The number of rotatable bonds is 3. The molecule has 2 rings (SSSR count). The van der Waals surface area contributed by atoms with Crippen LogP contribution in [0.15, 0.2) is 18.2 Å². The average Bonchev–Trinajstić information content (AvgIpc) is 2.66. The number of para-hydroxylation sites is 1. The smallest absolute Gasteiger partial charge is 0.383 e. The number of benzene rings is 1. The van der Waals surface area contributed by atoms with E-state index in [9.17, 15) is 13.2 Å². The third-order valence-corrected chi connectivity index (χ3v) is 3.17. The number of aliphatic hydroxyl groups is 1. The van der Waals surface area contributed by atoms with Gasteiger partial charge in [-0.05, 0) is 19.1 Å². The third-order valence-electron chi connectivity index (χ3n) is 2.87. The van der Waals surface area contributed by atoms with Crippen LogP contribution in [0.1, 0.15) is 12.7 Å². The fraction of sp³-hybridized carbons (Fsp3) is 0.417. The van der Waals surface area contributed by atoms with Gasteiger partial charge in [0.05, 0.1) is 16.1 Å². The molecule has 1 N–H and O–H groups in total. The van der Waals surface area contributed by atoms with Gasteiger partial charge in [0.2, 0.25) is 0 Å². The van der Waals surface area contributed by atoms with E-state index in [0.29, 0.717) is 22.6 Å². The Balaban J connectivity index is 2.47. The van der Waals surface area contributed by atoms with E-state index in [2.05, 4.69) is 4.98 Å². The van der Waals surface area contributed by atoms with E-state index < -0.39 is 18.7 Å². The molecule has 104 valence electrons. The van der Waals surface area contributed by atoms with E-state index in [4.69, 9.17) is 16.7 Å². The zero-order chi connectivity index (χ0) is 14.2. The van der Waals surface area contributed by atoms with Gasteiger partial charge in [-0.3, -0.25) is 0 Å². The summed E-state index contributed by atoms with van der Waals surface area (Å²) >= 11 is 6.04. The van der Waals surface area contributed by atoms with Crippen LogP contribution in [0.25, 0.3) is 11.0 Å². The van der Waals surface area contributed by atoms with Crippen molar-refractivity contribution in [3.05, 3.63) is 29.0 Å². The Labute approximate surface area is 112 Å². The van der Waals surface area contributed by atoms with Gasteiger partial charge in [-0.1, -0.05) is 17.7 Å². The topological polar surface area (TPSA) is 38.0 Å². The minimum Gasteiger partial charge on any atom is -0.383 e. The number of aliphatic hydroxyl groups excluding tert-OH is 1. The van der Waals surface area contributed by atoms with Crippen molar-refractivity contribution >= 4 is 22.6 Å². The Morgan fingerprint density at radius 1 is 1.42 bits per heavy atom. The fourth-order valence-electron chi connectivity index (χ4n) is 1.97. The van der Waals surface area contributed by atoms with Crippen molar-refractivity contribution in [1.29, 1.82) is 0 Å². The second-order valence-electron chi connectivity index (χ2n) is 4.14. The SMILES string of the molecule is CCn1c(CC(O)C(F)(F)F)nc2cccc(Cl)c21. The van der Waals surface area contributed by atoms with E-state index in [-0.39, 0.29) is 5.82 Å². The summed E-state index contributed by atoms with van der Waals surface area (Å²) in [6.07, 6.45) is -7.66. The molecule has 0 radical (unpaired) electrons. The summed E-state index contributed by atoms with van der Waals surface area (Å²) in [5.41, 5.74) is 1.12. The molecule has 0 aliphatic rings. The zero-order valence-electron chi connectivity index (χ0n) is 10.1. The number of imidazole rings is 1. The zero-order valence-corrected chi connectivity index (χ0v) is 10.8. The highest BCUT2D eigenvalue weighted by Crippen LogP contribution is 2.27. The first-order valence-electron chi connectivity index (χ1n) is 5.73. The van der Waals surface area contributed by atoms with E-state index in [1.807, 2.05) is 0 Å². The summed E-state index contributed by atoms with van der Waals surface area (Å²) in [5, 5.41) is 9.57. The molecule has 1 heterocycles. The Bertz CT molecular complexity index is 594. The van der Waals surface area contributed by atoms with Crippen molar-refractivity contribution in [3.8, 4) is 0 Å². The van der Waals surface area contributed by atoms with Crippen molar-refractivity contribution < 1.29 is 18.3 Å². The highest BCUT2D eigenvalue weighted by atomic mass is 35.5. The predicted molar refractivity (Wildman–Crippen MR) is 66.2 cm³/mol. The minimum absolute atomic E-state index is 0.176. The van der Waals surface area contributed by atoms with Crippen LogP contribution in [-0.4, -0.2) is 26.9 Å². The van der Waals surface area contributed by atoms with Crippen LogP contribution in [-0.2, 0) is 13.0 Å². The number of nitrogens with zero attached hydrogens (tertiary/aromatic N) is 2. The monoisotopic (exact) mass is 292 g/mol. The molecule has 7 heteroatoms. The first-order chi connectivity index (χ1) is 8.84. The molecule has 0 aliphatic heterocycles. The Morgan fingerprint density at radius 2 is 2.11 bits per heavy atom. The van der Waals surface area contributed by atoms with E-state index >= 15 is 0 Å². The van der Waals surface area contributed by atoms with Crippen LogP contribution in [0.3, 0.4) is 0 Å². The molecule has 0 aliphatic carbocycles. The van der Waals surface area contributed by atoms with Gasteiger partial charge in [-0.25, -0.2) is 4.98 Å². The number of aryl methyl sites for hydroxylation is 1. The number of halogens is 4. The molecular weight excluding hydrogens is 281 g/mol. The summed E-state index contributed by atoms with van der Waals surface area (Å²) in [5.74, 6) is 0.176. The number of alkyl halides is 3. The maximum absolute atomic E-state index is 12.4.